The molecule has 0 fully saturated rings. The standard InChI is InChI=1S/C17H24N2O/c1-4-19(5-2)13-15-8-6-9-16(12-15)18-14(3)17-10-7-11-20-17/h6-12,14,18H,4-5,13H2,1-3H3. The molecule has 0 saturated carbocycles. The van der Waals surface area contributed by atoms with E-state index in [1.807, 2.05) is 12.1 Å². The van der Waals surface area contributed by atoms with Crippen molar-refractivity contribution in [2.24, 2.45) is 0 Å². The van der Waals surface area contributed by atoms with Crippen molar-refractivity contribution >= 4 is 5.69 Å². The summed E-state index contributed by atoms with van der Waals surface area (Å²) < 4.78 is 5.43. The summed E-state index contributed by atoms with van der Waals surface area (Å²) in [5.74, 6) is 0.958. The minimum absolute atomic E-state index is 0.175. The van der Waals surface area contributed by atoms with Crippen LogP contribution in [0.5, 0.6) is 0 Å². The van der Waals surface area contributed by atoms with Gasteiger partial charge in [-0.25, -0.2) is 0 Å². The lowest BCUT2D eigenvalue weighted by Gasteiger charge is -2.19. The summed E-state index contributed by atoms with van der Waals surface area (Å²) in [6.07, 6.45) is 1.71. The lowest BCUT2D eigenvalue weighted by atomic mass is 10.1. The van der Waals surface area contributed by atoms with Crippen molar-refractivity contribution in [1.82, 2.24) is 4.90 Å². The van der Waals surface area contributed by atoms with Gasteiger partial charge in [0.15, 0.2) is 0 Å². The molecular formula is C17H24N2O. The Bertz CT molecular complexity index is 503. The maximum absolute atomic E-state index is 5.43. The molecule has 0 aliphatic heterocycles. The Morgan fingerprint density at radius 1 is 1.15 bits per heavy atom. The Labute approximate surface area is 121 Å². The van der Waals surface area contributed by atoms with Crippen LogP contribution in [0.2, 0.25) is 0 Å². The zero-order valence-corrected chi connectivity index (χ0v) is 12.6. The van der Waals surface area contributed by atoms with E-state index < -0.39 is 0 Å². The first kappa shape index (κ1) is 14.7. The third-order valence-corrected chi connectivity index (χ3v) is 3.58. The van der Waals surface area contributed by atoms with Crippen LogP contribution in [0.4, 0.5) is 5.69 Å². The van der Waals surface area contributed by atoms with Gasteiger partial charge in [0.2, 0.25) is 0 Å². The van der Waals surface area contributed by atoms with Crippen molar-refractivity contribution in [2.45, 2.75) is 33.4 Å². The van der Waals surface area contributed by atoms with E-state index in [1.54, 1.807) is 6.26 Å². The Kier molecular flexibility index (Phi) is 5.24. The van der Waals surface area contributed by atoms with Crippen molar-refractivity contribution in [3.63, 3.8) is 0 Å². The van der Waals surface area contributed by atoms with Gasteiger partial charge in [0, 0.05) is 12.2 Å². The minimum Gasteiger partial charge on any atom is -0.467 e. The van der Waals surface area contributed by atoms with Crippen molar-refractivity contribution in [1.29, 1.82) is 0 Å². The van der Waals surface area contributed by atoms with Crippen LogP contribution < -0.4 is 5.32 Å². The third-order valence-electron chi connectivity index (χ3n) is 3.58. The highest BCUT2D eigenvalue weighted by atomic mass is 16.3. The largest absolute Gasteiger partial charge is 0.467 e. The van der Waals surface area contributed by atoms with Gasteiger partial charge in [-0.1, -0.05) is 26.0 Å². The Balaban J connectivity index is 2.02. The summed E-state index contributed by atoms with van der Waals surface area (Å²) in [7, 11) is 0. The number of hydrogen-bond acceptors (Lipinski definition) is 3. The van der Waals surface area contributed by atoms with Crippen LogP contribution in [0, 0.1) is 0 Å². The van der Waals surface area contributed by atoms with E-state index in [9.17, 15) is 0 Å². The van der Waals surface area contributed by atoms with Gasteiger partial charge in [-0.3, -0.25) is 4.90 Å². The van der Waals surface area contributed by atoms with Gasteiger partial charge in [0.05, 0.1) is 12.3 Å². The van der Waals surface area contributed by atoms with E-state index in [-0.39, 0.29) is 6.04 Å². The molecule has 0 radical (unpaired) electrons. The molecule has 1 heterocycles. The molecule has 108 valence electrons. The van der Waals surface area contributed by atoms with Crippen LogP contribution in [0.3, 0.4) is 0 Å². The van der Waals surface area contributed by atoms with Crippen LogP contribution in [-0.4, -0.2) is 18.0 Å². The van der Waals surface area contributed by atoms with E-state index in [0.29, 0.717) is 0 Å². The fraction of sp³-hybridized carbons (Fsp3) is 0.412. The molecule has 1 atom stereocenters. The number of nitrogens with one attached hydrogen (secondary N) is 1. The molecule has 1 aromatic carbocycles. The van der Waals surface area contributed by atoms with Crippen LogP contribution >= 0.6 is 0 Å². The molecule has 0 aliphatic carbocycles. The van der Waals surface area contributed by atoms with Crippen LogP contribution in [-0.2, 0) is 6.54 Å². The van der Waals surface area contributed by atoms with Gasteiger partial charge in [-0.05, 0) is 49.8 Å². The number of benzene rings is 1. The van der Waals surface area contributed by atoms with Gasteiger partial charge in [-0.15, -0.1) is 0 Å². The van der Waals surface area contributed by atoms with E-state index in [4.69, 9.17) is 4.42 Å². The SMILES string of the molecule is CCN(CC)Cc1cccc(NC(C)c2ccco2)c1. The fourth-order valence-corrected chi connectivity index (χ4v) is 2.32. The molecule has 3 nitrogen and oxygen atoms in total. The highest BCUT2D eigenvalue weighted by molar-refractivity contribution is 5.47. The van der Waals surface area contributed by atoms with Crippen LogP contribution in [0.1, 0.15) is 38.1 Å². The maximum atomic E-state index is 5.43. The highest BCUT2D eigenvalue weighted by Crippen LogP contribution is 2.20. The van der Waals surface area contributed by atoms with Crippen molar-refractivity contribution in [2.75, 3.05) is 18.4 Å². The molecule has 0 spiro atoms. The quantitative estimate of drug-likeness (QED) is 0.815. The zero-order chi connectivity index (χ0) is 14.4. The predicted molar refractivity (Wildman–Crippen MR) is 83.8 cm³/mol. The van der Waals surface area contributed by atoms with E-state index in [2.05, 4.69) is 55.3 Å². The molecule has 2 rings (SSSR count). The van der Waals surface area contributed by atoms with E-state index in [0.717, 1.165) is 31.1 Å². The summed E-state index contributed by atoms with van der Waals surface area (Å²) in [5, 5.41) is 3.48. The average molecular weight is 272 g/mol. The zero-order valence-electron chi connectivity index (χ0n) is 12.6. The summed E-state index contributed by atoms with van der Waals surface area (Å²) >= 11 is 0. The summed E-state index contributed by atoms with van der Waals surface area (Å²) in [4.78, 5) is 2.41. The first-order valence-electron chi connectivity index (χ1n) is 7.34. The number of furan rings is 1. The smallest absolute Gasteiger partial charge is 0.125 e. The minimum atomic E-state index is 0.175. The van der Waals surface area contributed by atoms with Gasteiger partial charge >= 0.3 is 0 Å². The second kappa shape index (κ2) is 7.15. The lowest BCUT2D eigenvalue weighted by Crippen LogP contribution is -2.22. The predicted octanol–water partition coefficient (Wildman–Crippen LogP) is 4.29. The average Bonchev–Trinajstić information content (AvgIpc) is 2.99. The topological polar surface area (TPSA) is 28.4 Å². The molecule has 20 heavy (non-hydrogen) atoms. The first-order valence-corrected chi connectivity index (χ1v) is 7.34. The molecule has 0 aliphatic rings. The molecule has 0 amide bonds. The second-order valence-corrected chi connectivity index (χ2v) is 5.04. The highest BCUT2D eigenvalue weighted by Gasteiger charge is 2.08. The summed E-state index contributed by atoms with van der Waals surface area (Å²) in [5.41, 5.74) is 2.48. The molecule has 3 heteroatoms. The van der Waals surface area contributed by atoms with Crippen molar-refractivity contribution < 1.29 is 4.42 Å². The van der Waals surface area contributed by atoms with Crippen molar-refractivity contribution in [3.05, 3.63) is 54.0 Å². The molecule has 2 aromatic rings. The number of anilines is 1. The second-order valence-electron chi connectivity index (χ2n) is 5.04. The van der Waals surface area contributed by atoms with Crippen molar-refractivity contribution in [3.8, 4) is 0 Å². The van der Waals surface area contributed by atoms with Crippen LogP contribution in [0.25, 0.3) is 0 Å². The molecule has 1 unspecified atom stereocenters. The Morgan fingerprint density at radius 2 is 1.95 bits per heavy atom. The monoisotopic (exact) mass is 272 g/mol. The first-order chi connectivity index (χ1) is 9.72. The normalized spacial score (nSPS) is 12.6. The number of hydrogen-bond donors (Lipinski definition) is 1. The van der Waals surface area contributed by atoms with Gasteiger partial charge in [0.25, 0.3) is 0 Å². The lowest BCUT2D eigenvalue weighted by molar-refractivity contribution is 0.296. The molecule has 1 N–H and O–H groups in total. The van der Waals surface area contributed by atoms with Gasteiger partial charge < -0.3 is 9.73 Å². The van der Waals surface area contributed by atoms with E-state index in [1.165, 1.54) is 5.56 Å². The number of nitrogens with zero attached hydrogens (tertiary/aromatic N) is 1. The Morgan fingerprint density at radius 3 is 2.60 bits per heavy atom. The number of rotatable bonds is 7. The molecule has 0 saturated heterocycles. The molecular weight excluding hydrogens is 248 g/mol. The summed E-state index contributed by atoms with van der Waals surface area (Å²) in [6, 6.07) is 12.7. The fourth-order valence-electron chi connectivity index (χ4n) is 2.32. The molecule has 1 aromatic heterocycles. The van der Waals surface area contributed by atoms with Gasteiger partial charge in [-0.2, -0.15) is 0 Å². The van der Waals surface area contributed by atoms with Gasteiger partial charge in [0.1, 0.15) is 5.76 Å². The Hall–Kier alpha value is -1.74. The third kappa shape index (κ3) is 3.87. The maximum Gasteiger partial charge on any atom is 0.125 e. The molecule has 0 bridgehead atoms. The van der Waals surface area contributed by atoms with Crippen LogP contribution in [0.15, 0.2) is 47.1 Å². The van der Waals surface area contributed by atoms with E-state index >= 15 is 0 Å². The summed E-state index contributed by atoms with van der Waals surface area (Å²) in [6.45, 7) is 9.66.